The number of amides is 1. The number of fused-ring (bicyclic) bond motifs is 1. The van der Waals surface area contributed by atoms with Gasteiger partial charge < -0.3 is 5.32 Å². The van der Waals surface area contributed by atoms with Crippen molar-refractivity contribution in [3.05, 3.63) is 53.6 Å². The molecule has 1 heterocycles. The zero-order valence-corrected chi connectivity index (χ0v) is 15.2. The minimum Gasteiger partial charge on any atom is -0.325 e. The molecule has 0 aliphatic rings. The molecule has 1 amide bonds. The van der Waals surface area contributed by atoms with Crippen LogP contribution in [0.2, 0.25) is 0 Å². The van der Waals surface area contributed by atoms with Crippen molar-refractivity contribution >= 4 is 40.3 Å². The molecule has 0 atom stereocenters. The Balaban J connectivity index is 1.76. The fourth-order valence-electron chi connectivity index (χ4n) is 2.61. The molecule has 25 heavy (non-hydrogen) atoms. The van der Waals surface area contributed by atoms with Crippen molar-refractivity contribution in [1.29, 1.82) is 0 Å². The van der Waals surface area contributed by atoms with Gasteiger partial charge in [-0.2, -0.15) is 0 Å². The van der Waals surface area contributed by atoms with Crippen molar-refractivity contribution in [2.75, 3.05) is 11.1 Å². The Labute approximate surface area is 150 Å². The van der Waals surface area contributed by atoms with E-state index in [0.717, 1.165) is 27.8 Å². The average molecular weight is 353 g/mol. The highest BCUT2D eigenvalue weighted by atomic mass is 32.2. The molecule has 128 valence electrons. The van der Waals surface area contributed by atoms with Gasteiger partial charge in [0, 0.05) is 12.6 Å². The van der Waals surface area contributed by atoms with Crippen LogP contribution >= 0.6 is 11.8 Å². The van der Waals surface area contributed by atoms with E-state index in [1.807, 2.05) is 56.3 Å². The number of hydrogen-bond donors (Lipinski definition) is 1. The number of rotatable bonds is 4. The molecular weight excluding hydrogens is 334 g/mol. The van der Waals surface area contributed by atoms with Gasteiger partial charge in [0.1, 0.15) is 0 Å². The number of carbonyl (C=O) groups excluding carboxylic acids is 2. The minimum absolute atomic E-state index is 0.119. The monoisotopic (exact) mass is 353 g/mol. The number of carbonyl (C=O) groups is 2. The number of thioether (sulfide) groups is 1. The summed E-state index contributed by atoms with van der Waals surface area (Å²) in [6.45, 7) is 5.48. The van der Waals surface area contributed by atoms with Crippen LogP contribution in [-0.2, 0) is 4.79 Å². The van der Waals surface area contributed by atoms with Crippen LogP contribution in [0.1, 0.15) is 22.8 Å². The molecule has 0 aliphatic heterocycles. The standard InChI is InChI=1S/C19H19N3O2S/c1-12-7-6-9-15(13(12)2)20-18(24)11-25-19-21-16-8-4-5-10-17(16)22(19)14(3)23/h4-10H,11H2,1-3H3,(H,20,24). The first-order valence-electron chi connectivity index (χ1n) is 7.94. The van der Waals surface area contributed by atoms with Gasteiger partial charge in [-0.25, -0.2) is 4.98 Å². The van der Waals surface area contributed by atoms with E-state index in [2.05, 4.69) is 10.3 Å². The number of anilines is 1. The van der Waals surface area contributed by atoms with Crippen LogP contribution in [0, 0.1) is 13.8 Å². The Morgan fingerprint density at radius 3 is 2.64 bits per heavy atom. The highest BCUT2D eigenvalue weighted by Crippen LogP contribution is 2.24. The Morgan fingerprint density at radius 2 is 1.88 bits per heavy atom. The molecule has 3 aromatic rings. The van der Waals surface area contributed by atoms with Crippen LogP contribution in [0.4, 0.5) is 5.69 Å². The largest absolute Gasteiger partial charge is 0.325 e. The Morgan fingerprint density at radius 1 is 1.12 bits per heavy atom. The van der Waals surface area contributed by atoms with E-state index in [0.29, 0.717) is 5.16 Å². The number of benzene rings is 2. The lowest BCUT2D eigenvalue weighted by molar-refractivity contribution is -0.113. The lowest BCUT2D eigenvalue weighted by Crippen LogP contribution is -2.16. The number of hydrogen-bond acceptors (Lipinski definition) is 4. The third-order valence-corrected chi connectivity index (χ3v) is 4.99. The van der Waals surface area contributed by atoms with E-state index in [4.69, 9.17) is 0 Å². The Hall–Kier alpha value is -2.60. The summed E-state index contributed by atoms with van der Waals surface area (Å²) < 4.78 is 1.55. The normalized spacial score (nSPS) is 10.8. The number of imidazole rings is 1. The topological polar surface area (TPSA) is 64.0 Å². The van der Waals surface area contributed by atoms with Crippen molar-refractivity contribution in [3.63, 3.8) is 0 Å². The van der Waals surface area contributed by atoms with E-state index in [-0.39, 0.29) is 17.6 Å². The molecule has 1 aromatic heterocycles. The van der Waals surface area contributed by atoms with E-state index in [1.165, 1.54) is 18.7 Å². The Kier molecular flexibility index (Phi) is 4.90. The molecule has 0 saturated heterocycles. The van der Waals surface area contributed by atoms with E-state index < -0.39 is 0 Å². The summed E-state index contributed by atoms with van der Waals surface area (Å²) in [5.74, 6) is -0.0590. The molecule has 3 rings (SSSR count). The molecular formula is C19H19N3O2S. The SMILES string of the molecule is CC(=O)n1c(SCC(=O)Nc2cccc(C)c2C)nc2ccccc21. The molecule has 0 bridgehead atoms. The predicted octanol–water partition coefficient (Wildman–Crippen LogP) is 4.04. The van der Waals surface area contributed by atoms with Crippen molar-refractivity contribution < 1.29 is 9.59 Å². The maximum Gasteiger partial charge on any atom is 0.234 e. The Bertz CT molecular complexity index is 962. The molecule has 0 radical (unpaired) electrons. The highest BCUT2D eigenvalue weighted by Gasteiger charge is 2.15. The smallest absolute Gasteiger partial charge is 0.234 e. The molecule has 0 unspecified atom stereocenters. The van der Waals surface area contributed by atoms with E-state index in [9.17, 15) is 9.59 Å². The summed E-state index contributed by atoms with van der Waals surface area (Å²) in [4.78, 5) is 28.7. The van der Waals surface area contributed by atoms with Gasteiger partial charge in [-0.15, -0.1) is 0 Å². The molecule has 6 heteroatoms. The summed E-state index contributed by atoms with van der Waals surface area (Å²) in [5.41, 5.74) is 4.49. The lowest BCUT2D eigenvalue weighted by atomic mass is 10.1. The second-order valence-electron chi connectivity index (χ2n) is 5.82. The van der Waals surface area contributed by atoms with E-state index in [1.54, 1.807) is 4.57 Å². The zero-order chi connectivity index (χ0) is 18.0. The second kappa shape index (κ2) is 7.11. The van der Waals surface area contributed by atoms with Crippen LogP contribution in [0.5, 0.6) is 0 Å². The van der Waals surface area contributed by atoms with Crippen molar-refractivity contribution in [3.8, 4) is 0 Å². The van der Waals surface area contributed by atoms with Crippen LogP contribution in [-0.4, -0.2) is 27.1 Å². The molecule has 0 fully saturated rings. The lowest BCUT2D eigenvalue weighted by Gasteiger charge is -2.10. The number of nitrogens with zero attached hydrogens (tertiary/aromatic N) is 2. The minimum atomic E-state index is -0.124. The average Bonchev–Trinajstić information content (AvgIpc) is 2.96. The maximum absolute atomic E-state index is 12.3. The van der Waals surface area contributed by atoms with Gasteiger partial charge in [0.05, 0.1) is 16.8 Å². The van der Waals surface area contributed by atoms with Crippen molar-refractivity contribution in [1.82, 2.24) is 9.55 Å². The molecule has 0 aliphatic carbocycles. The van der Waals surface area contributed by atoms with Crippen LogP contribution in [0.15, 0.2) is 47.6 Å². The fourth-order valence-corrected chi connectivity index (χ4v) is 3.46. The zero-order valence-electron chi connectivity index (χ0n) is 14.4. The number of aromatic nitrogens is 2. The van der Waals surface area contributed by atoms with Gasteiger partial charge in [0.2, 0.25) is 11.8 Å². The van der Waals surface area contributed by atoms with Gasteiger partial charge in [-0.3, -0.25) is 14.2 Å². The van der Waals surface area contributed by atoms with Crippen molar-refractivity contribution in [2.24, 2.45) is 0 Å². The summed E-state index contributed by atoms with van der Waals surface area (Å²) in [5, 5.41) is 3.45. The predicted molar refractivity (Wildman–Crippen MR) is 101 cm³/mol. The summed E-state index contributed by atoms with van der Waals surface area (Å²) in [6.07, 6.45) is 0. The van der Waals surface area contributed by atoms with Crippen molar-refractivity contribution in [2.45, 2.75) is 25.9 Å². The number of para-hydroxylation sites is 2. The molecule has 0 spiro atoms. The van der Waals surface area contributed by atoms with Crippen LogP contribution in [0.25, 0.3) is 11.0 Å². The third-order valence-electron chi connectivity index (χ3n) is 4.06. The van der Waals surface area contributed by atoms with E-state index >= 15 is 0 Å². The summed E-state index contributed by atoms with van der Waals surface area (Å²) >= 11 is 1.26. The summed E-state index contributed by atoms with van der Waals surface area (Å²) in [7, 11) is 0. The van der Waals surface area contributed by atoms with Gasteiger partial charge in [-0.05, 0) is 43.2 Å². The molecule has 1 N–H and O–H groups in total. The molecule has 5 nitrogen and oxygen atoms in total. The van der Waals surface area contributed by atoms with Gasteiger partial charge in [-0.1, -0.05) is 36.0 Å². The maximum atomic E-state index is 12.3. The number of nitrogens with one attached hydrogen (secondary N) is 1. The van der Waals surface area contributed by atoms with Crippen LogP contribution in [0.3, 0.4) is 0 Å². The van der Waals surface area contributed by atoms with Gasteiger partial charge in [0.15, 0.2) is 5.16 Å². The first-order valence-corrected chi connectivity index (χ1v) is 8.93. The molecule has 0 saturated carbocycles. The molecule has 2 aromatic carbocycles. The fraction of sp³-hybridized carbons (Fsp3) is 0.211. The van der Waals surface area contributed by atoms with Crippen LogP contribution < -0.4 is 5.32 Å². The third kappa shape index (κ3) is 3.58. The second-order valence-corrected chi connectivity index (χ2v) is 6.76. The number of aryl methyl sites for hydroxylation is 1. The highest BCUT2D eigenvalue weighted by molar-refractivity contribution is 7.99. The first-order chi connectivity index (χ1) is 12.0. The quantitative estimate of drug-likeness (QED) is 0.719. The van der Waals surface area contributed by atoms with Gasteiger partial charge in [0.25, 0.3) is 0 Å². The first kappa shape index (κ1) is 17.2. The van der Waals surface area contributed by atoms with Gasteiger partial charge >= 0.3 is 0 Å². The summed E-state index contributed by atoms with van der Waals surface area (Å²) in [6, 6.07) is 13.3.